The molecule has 1 aliphatic rings. The van der Waals surface area contributed by atoms with Crippen molar-refractivity contribution in [1.82, 2.24) is 0 Å². The topological polar surface area (TPSA) is 67.9 Å². The van der Waals surface area contributed by atoms with Crippen LogP contribution in [0.1, 0.15) is 25.3 Å². The molecule has 0 bridgehead atoms. The van der Waals surface area contributed by atoms with Crippen LogP contribution in [0.4, 0.5) is 11.4 Å². The predicted molar refractivity (Wildman–Crippen MR) is 110 cm³/mol. The molecule has 0 aromatic heterocycles. The van der Waals surface area contributed by atoms with E-state index in [0.29, 0.717) is 30.2 Å². The summed E-state index contributed by atoms with van der Waals surface area (Å²) in [5, 5.41) is 2.83. The maximum atomic E-state index is 12.3. The first-order chi connectivity index (χ1) is 13.6. The minimum absolute atomic E-state index is 0.119. The van der Waals surface area contributed by atoms with Crippen LogP contribution in [0, 0.1) is 0 Å². The van der Waals surface area contributed by atoms with Gasteiger partial charge in [-0.1, -0.05) is 12.1 Å². The first-order valence-corrected chi connectivity index (χ1v) is 9.31. The van der Waals surface area contributed by atoms with Gasteiger partial charge in [0, 0.05) is 30.4 Å². The van der Waals surface area contributed by atoms with Crippen LogP contribution in [0.3, 0.4) is 0 Å². The van der Waals surface area contributed by atoms with E-state index in [-0.39, 0.29) is 11.8 Å². The van der Waals surface area contributed by atoms with Crippen molar-refractivity contribution in [3.05, 3.63) is 54.1 Å². The molecule has 0 aliphatic carbocycles. The van der Waals surface area contributed by atoms with Crippen molar-refractivity contribution in [2.75, 3.05) is 30.5 Å². The molecule has 28 heavy (non-hydrogen) atoms. The fourth-order valence-corrected chi connectivity index (χ4v) is 3.09. The van der Waals surface area contributed by atoms with Gasteiger partial charge in [-0.15, -0.1) is 0 Å². The Kier molecular flexibility index (Phi) is 6.32. The third kappa shape index (κ3) is 4.71. The van der Waals surface area contributed by atoms with E-state index in [4.69, 9.17) is 9.47 Å². The molecule has 0 spiro atoms. The minimum Gasteiger partial charge on any atom is -0.493 e. The van der Waals surface area contributed by atoms with Gasteiger partial charge < -0.3 is 19.7 Å². The molecule has 0 atom stereocenters. The van der Waals surface area contributed by atoms with Gasteiger partial charge in [-0.3, -0.25) is 9.59 Å². The van der Waals surface area contributed by atoms with E-state index in [1.807, 2.05) is 37.3 Å². The number of hydrogen-bond donors (Lipinski definition) is 1. The number of nitrogens with zero attached hydrogens (tertiary/aromatic N) is 1. The Morgan fingerprint density at radius 2 is 2.07 bits per heavy atom. The second-order valence-electron chi connectivity index (χ2n) is 6.37. The molecular formula is C22H24N2O4. The lowest BCUT2D eigenvalue weighted by Gasteiger charge is -2.16. The fraction of sp³-hybridized carbons (Fsp3) is 0.273. The number of amides is 2. The maximum absolute atomic E-state index is 12.3. The Labute approximate surface area is 164 Å². The van der Waals surface area contributed by atoms with E-state index in [2.05, 4.69) is 5.32 Å². The third-order valence-corrected chi connectivity index (χ3v) is 4.41. The quantitative estimate of drug-likeness (QED) is 0.741. The standard InChI is InChI=1S/C22H24N2O4/c1-3-28-20-14-16(9-11-19(20)27-2)10-12-21(25)23-17-6-4-7-18(15-17)24-13-5-8-22(24)26/h4,6-7,9-12,14-15H,3,5,8,13H2,1-2H3,(H,23,25)/b12-10+. The second-order valence-corrected chi connectivity index (χ2v) is 6.37. The van der Waals surface area contributed by atoms with Crippen molar-refractivity contribution in [2.24, 2.45) is 0 Å². The first kappa shape index (κ1) is 19.5. The number of carbonyl (C=O) groups excluding carboxylic acids is 2. The SMILES string of the molecule is CCOc1cc(/C=C/C(=O)Nc2cccc(N3CCCC3=O)c2)ccc1OC. The molecule has 6 heteroatoms. The number of anilines is 2. The van der Waals surface area contributed by atoms with Crippen LogP contribution in [0.15, 0.2) is 48.5 Å². The van der Waals surface area contributed by atoms with Gasteiger partial charge in [-0.05, 0) is 55.3 Å². The van der Waals surface area contributed by atoms with Crippen LogP contribution in [-0.4, -0.2) is 32.1 Å². The Morgan fingerprint density at radius 1 is 1.21 bits per heavy atom. The summed E-state index contributed by atoms with van der Waals surface area (Å²) in [4.78, 5) is 25.9. The van der Waals surface area contributed by atoms with Crippen molar-refractivity contribution >= 4 is 29.3 Å². The summed E-state index contributed by atoms with van der Waals surface area (Å²) < 4.78 is 10.8. The number of methoxy groups -OCH3 is 1. The summed E-state index contributed by atoms with van der Waals surface area (Å²) in [7, 11) is 1.59. The molecule has 0 unspecified atom stereocenters. The fourth-order valence-electron chi connectivity index (χ4n) is 3.09. The van der Waals surface area contributed by atoms with Gasteiger partial charge in [0.15, 0.2) is 11.5 Å². The van der Waals surface area contributed by atoms with Gasteiger partial charge in [-0.2, -0.15) is 0 Å². The lowest BCUT2D eigenvalue weighted by molar-refractivity contribution is -0.117. The van der Waals surface area contributed by atoms with Gasteiger partial charge in [0.2, 0.25) is 11.8 Å². The molecule has 3 rings (SSSR count). The zero-order chi connectivity index (χ0) is 19.9. The smallest absolute Gasteiger partial charge is 0.248 e. The normalized spacial score (nSPS) is 13.8. The average Bonchev–Trinajstić information content (AvgIpc) is 3.13. The molecule has 2 aromatic carbocycles. The average molecular weight is 380 g/mol. The molecule has 1 heterocycles. The summed E-state index contributed by atoms with van der Waals surface area (Å²) >= 11 is 0. The number of hydrogen-bond acceptors (Lipinski definition) is 4. The molecule has 1 saturated heterocycles. The Balaban J connectivity index is 1.67. The van der Waals surface area contributed by atoms with Crippen LogP contribution in [-0.2, 0) is 9.59 Å². The Hall–Kier alpha value is -3.28. The molecule has 0 radical (unpaired) electrons. The lowest BCUT2D eigenvalue weighted by Crippen LogP contribution is -2.23. The molecular weight excluding hydrogens is 356 g/mol. The Bertz CT molecular complexity index is 892. The molecule has 0 saturated carbocycles. The summed E-state index contributed by atoms with van der Waals surface area (Å²) in [5.74, 6) is 1.15. The van der Waals surface area contributed by atoms with Gasteiger partial charge in [0.1, 0.15) is 0 Å². The third-order valence-electron chi connectivity index (χ3n) is 4.41. The summed E-state index contributed by atoms with van der Waals surface area (Å²) in [6.45, 7) is 3.15. The molecule has 1 fully saturated rings. The molecule has 146 valence electrons. The van der Waals surface area contributed by atoms with Crippen LogP contribution in [0.25, 0.3) is 6.08 Å². The van der Waals surface area contributed by atoms with E-state index in [1.165, 1.54) is 6.08 Å². The number of benzene rings is 2. The number of rotatable bonds is 7. The van der Waals surface area contributed by atoms with Gasteiger partial charge in [0.25, 0.3) is 0 Å². The highest BCUT2D eigenvalue weighted by Crippen LogP contribution is 2.28. The number of ether oxygens (including phenoxy) is 2. The summed E-state index contributed by atoms with van der Waals surface area (Å²) in [6.07, 6.45) is 4.62. The largest absolute Gasteiger partial charge is 0.493 e. The molecule has 2 amide bonds. The number of carbonyl (C=O) groups is 2. The zero-order valence-electron chi connectivity index (χ0n) is 16.1. The molecule has 1 N–H and O–H groups in total. The van der Waals surface area contributed by atoms with Crippen molar-refractivity contribution < 1.29 is 19.1 Å². The molecule has 1 aliphatic heterocycles. The van der Waals surface area contributed by atoms with Crippen molar-refractivity contribution in [2.45, 2.75) is 19.8 Å². The van der Waals surface area contributed by atoms with E-state index in [1.54, 1.807) is 30.2 Å². The molecule has 6 nitrogen and oxygen atoms in total. The van der Waals surface area contributed by atoms with Gasteiger partial charge in [-0.25, -0.2) is 0 Å². The minimum atomic E-state index is -0.251. The van der Waals surface area contributed by atoms with Crippen molar-refractivity contribution in [3.8, 4) is 11.5 Å². The highest BCUT2D eigenvalue weighted by Gasteiger charge is 2.21. The zero-order valence-corrected chi connectivity index (χ0v) is 16.1. The van der Waals surface area contributed by atoms with E-state index in [9.17, 15) is 9.59 Å². The van der Waals surface area contributed by atoms with Crippen LogP contribution >= 0.6 is 0 Å². The predicted octanol–water partition coefficient (Wildman–Crippen LogP) is 3.87. The first-order valence-electron chi connectivity index (χ1n) is 9.31. The van der Waals surface area contributed by atoms with Crippen molar-refractivity contribution in [1.29, 1.82) is 0 Å². The molecule has 2 aromatic rings. The van der Waals surface area contributed by atoms with E-state index >= 15 is 0 Å². The van der Waals surface area contributed by atoms with Gasteiger partial charge >= 0.3 is 0 Å². The summed E-state index contributed by atoms with van der Waals surface area (Å²) in [6, 6.07) is 12.8. The van der Waals surface area contributed by atoms with E-state index < -0.39 is 0 Å². The summed E-state index contributed by atoms with van der Waals surface area (Å²) in [5.41, 5.74) is 2.29. The monoisotopic (exact) mass is 380 g/mol. The second kappa shape index (κ2) is 9.08. The van der Waals surface area contributed by atoms with Crippen LogP contribution in [0.5, 0.6) is 11.5 Å². The van der Waals surface area contributed by atoms with Gasteiger partial charge in [0.05, 0.1) is 13.7 Å². The Morgan fingerprint density at radius 3 is 2.79 bits per heavy atom. The van der Waals surface area contributed by atoms with Crippen LogP contribution < -0.4 is 19.7 Å². The van der Waals surface area contributed by atoms with Crippen LogP contribution in [0.2, 0.25) is 0 Å². The van der Waals surface area contributed by atoms with E-state index in [0.717, 1.165) is 24.2 Å². The maximum Gasteiger partial charge on any atom is 0.248 e. The number of nitrogens with one attached hydrogen (secondary N) is 1. The lowest BCUT2D eigenvalue weighted by atomic mass is 10.2. The van der Waals surface area contributed by atoms with Crippen molar-refractivity contribution in [3.63, 3.8) is 0 Å². The highest BCUT2D eigenvalue weighted by molar-refractivity contribution is 6.02. The highest BCUT2D eigenvalue weighted by atomic mass is 16.5.